The van der Waals surface area contributed by atoms with Gasteiger partial charge in [0.15, 0.2) is 0 Å². The van der Waals surface area contributed by atoms with Crippen LogP contribution in [0.25, 0.3) is 0 Å². The molecule has 4 rings (SSSR count). The van der Waals surface area contributed by atoms with Crippen LogP contribution in [0.1, 0.15) is 40.8 Å². The second kappa shape index (κ2) is 7.67. The minimum atomic E-state index is -0.453. The Morgan fingerprint density at radius 3 is 2.52 bits per heavy atom. The van der Waals surface area contributed by atoms with Gasteiger partial charge in [0.2, 0.25) is 5.91 Å². The Labute approximate surface area is 170 Å². The number of benzene rings is 2. The van der Waals surface area contributed by atoms with Crippen LogP contribution in [0, 0.1) is 19.8 Å². The van der Waals surface area contributed by atoms with Gasteiger partial charge in [-0.05, 0) is 55.2 Å². The van der Waals surface area contributed by atoms with Gasteiger partial charge in [-0.1, -0.05) is 18.2 Å². The molecule has 5 N–H and O–H groups in total. The van der Waals surface area contributed by atoms with Gasteiger partial charge < -0.3 is 20.2 Å². The maximum absolute atomic E-state index is 13.2. The van der Waals surface area contributed by atoms with Crippen molar-refractivity contribution < 1.29 is 20.1 Å². The van der Waals surface area contributed by atoms with Gasteiger partial charge in [-0.3, -0.25) is 4.79 Å². The van der Waals surface area contributed by atoms with Crippen molar-refractivity contribution in [3.8, 4) is 11.5 Å². The molecule has 2 aliphatic heterocycles. The number of aryl methyl sites for hydroxylation is 2. The summed E-state index contributed by atoms with van der Waals surface area (Å²) in [6.07, 6.45) is 0.480. The molecular weight excluding hydrogens is 370 g/mol. The van der Waals surface area contributed by atoms with Crippen molar-refractivity contribution in [3.05, 3.63) is 58.7 Å². The third-order valence-electron chi connectivity index (χ3n) is 6.00. The van der Waals surface area contributed by atoms with Crippen LogP contribution in [0.15, 0.2) is 36.4 Å². The number of rotatable bonds is 5. The maximum Gasteiger partial charge on any atom is 0.242 e. The van der Waals surface area contributed by atoms with E-state index in [4.69, 9.17) is 0 Å². The summed E-state index contributed by atoms with van der Waals surface area (Å²) in [5.74, 6) is 0.120. The summed E-state index contributed by atoms with van der Waals surface area (Å²) in [6.45, 7) is 4.32. The molecule has 0 radical (unpaired) electrons. The summed E-state index contributed by atoms with van der Waals surface area (Å²) in [5.41, 5.74) is 9.90. The first-order valence-corrected chi connectivity index (χ1v) is 9.94. The number of aromatic hydroxyl groups is 2. The molecule has 2 saturated heterocycles. The third-order valence-corrected chi connectivity index (χ3v) is 6.00. The molecule has 0 aliphatic carbocycles. The first-order chi connectivity index (χ1) is 13.9. The molecule has 7 heteroatoms. The summed E-state index contributed by atoms with van der Waals surface area (Å²) in [7, 11) is 0. The smallest absolute Gasteiger partial charge is 0.242 e. The summed E-state index contributed by atoms with van der Waals surface area (Å²) in [4.78, 5) is 15.0. The number of amides is 1. The van der Waals surface area contributed by atoms with E-state index in [-0.39, 0.29) is 42.0 Å². The summed E-state index contributed by atoms with van der Waals surface area (Å²) >= 11 is 0. The van der Waals surface area contributed by atoms with E-state index < -0.39 is 6.04 Å². The lowest BCUT2D eigenvalue weighted by Gasteiger charge is -2.32. The van der Waals surface area contributed by atoms with Crippen molar-refractivity contribution in [1.29, 1.82) is 0 Å². The van der Waals surface area contributed by atoms with Gasteiger partial charge in [0, 0.05) is 24.6 Å². The molecular formula is C22H27N3O4. The SMILES string of the molecule is Cc1cc(C)c(C2NNC3C(=O)N(CCCO)C(c4cccc(O)c4)C32)c(O)c1. The highest BCUT2D eigenvalue weighted by Crippen LogP contribution is 2.49. The maximum atomic E-state index is 13.2. The third kappa shape index (κ3) is 3.35. The van der Waals surface area contributed by atoms with Crippen LogP contribution in [-0.4, -0.2) is 45.3 Å². The summed E-state index contributed by atoms with van der Waals surface area (Å²) < 4.78 is 0. The van der Waals surface area contributed by atoms with Gasteiger partial charge in [0.05, 0.1) is 12.1 Å². The van der Waals surface area contributed by atoms with Crippen molar-refractivity contribution in [1.82, 2.24) is 15.8 Å². The number of likely N-dealkylation sites (tertiary alicyclic amines) is 1. The molecule has 2 aromatic carbocycles. The first-order valence-electron chi connectivity index (χ1n) is 9.94. The summed E-state index contributed by atoms with van der Waals surface area (Å²) in [6, 6.07) is 9.70. The van der Waals surface area contributed by atoms with Crippen molar-refractivity contribution in [2.45, 2.75) is 38.4 Å². The van der Waals surface area contributed by atoms with E-state index >= 15 is 0 Å². The molecule has 2 aromatic rings. The Balaban J connectivity index is 1.80. The molecule has 4 unspecified atom stereocenters. The number of aliphatic hydroxyl groups is 1. The Hall–Kier alpha value is -2.61. The molecule has 0 bridgehead atoms. The average molecular weight is 397 g/mol. The van der Waals surface area contributed by atoms with Gasteiger partial charge in [0.25, 0.3) is 0 Å². The number of nitrogens with one attached hydrogen (secondary N) is 2. The number of carbonyl (C=O) groups excluding carboxylic acids is 1. The zero-order chi connectivity index (χ0) is 20.7. The Morgan fingerprint density at radius 2 is 1.83 bits per heavy atom. The molecule has 2 aliphatic rings. The number of hydrogen-bond donors (Lipinski definition) is 5. The van der Waals surface area contributed by atoms with Crippen molar-refractivity contribution in [2.24, 2.45) is 5.92 Å². The minimum Gasteiger partial charge on any atom is -0.508 e. The number of carbonyl (C=O) groups is 1. The lowest BCUT2D eigenvalue weighted by atomic mass is 9.81. The summed E-state index contributed by atoms with van der Waals surface area (Å²) in [5, 5.41) is 30.0. The number of fused-ring (bicyclic) bond motifs is 1. The second-order valence-corrected chi connectivity index (χ2v) is 7.98. The first kappa shape index (κ1) is 19.7. The highest BCUT2D eigenvalue weighted by Gasteiger charge is 2.55. The highest BCUT2D eigenvalue weighted by atomic mass is 16.3. The quantitative estimate of drug-likeness (QED) is 0.527. The topological polar surface area (TPSA) is 105 Å². The van der Waals surface area contributed by atoms with Crippen LogP contribution in [0.4, 0.5) is 0 Å². The highest BCUT2D eigenvalue weighted by molar-refractivity contribution is 5.86. The Morgan fingerprint density at radius 1 is 1.07 bits per heavy atom. The van der Waals surface area contributed by atoms with Gasteiger partial charge in [-0.15, -0.1) is 0 Å². The van der Waals surface area contributed by atoms with E-state index in [0.717, 1.165) is 22.3 Å². The average Bonchev–Trinajstić information content (AvgIpc) is 3.19. The predicted molar refractivity (Wildman–Crippen MR) is 108 cm³/mol. The molecule has 0 saturated carbocycles. The van der Waals surface area contributed by atoms with Gasteiger partial charge in [-0.25, -0.2) is 10.9 Å². The lowest BCUT2D eigenvalue weighted by Crippen LogP contribution is -2.41. The zero-order valence-corrected chi connectivity index (χ0v) is 16.6. The number of hydrogen-bond acceptors (Lipinski definition) is 6. The second-order valence-electron chi connectivity index (χ2n) is 7.98. The van der Waals surface area contributed by atoms with E-state index in [2.05, 4.69) is 10.9 Å². The van der Waals surface area contributed by atoms with E-state index in [0.29, 0.717) is 13.0 Å². The Kier molecular flexibility index (Phi) is 5.21. The van der Waals surface area contributed by atoms with Crippen LogP contribution in [-0.2, 0) is 4.79 Å². The van der Waals surface area contributed by atoms with Crippen LogP contribution >= 0.6 is 0 Å². The van der Waals surface area contributed by atoms with Crippen LogP contribution < -0.4 is 10.9 Å². The molecule has 7 nitrogen and oxygen atoms in total. The minimum absolute atomic E-state index is 0.00115. The van der Waals surface area contributed by atoms with E-state index in [1.165, 1.54) is 0 Å². The molecule has 0 aromatic heterocycles. The fourth-order valence-corrected chi connectivity index (χ4v) is 4.91. The number of aliphatic hydroxyl groups excluding tert-OH is 1. The zero-order valence-electron chi connectivity index (χ0n) is 16.6. The van der Waals surface area contributed by atoms with Gasteiger partial charge in [-0.2, -0.15) is 0 Å². The van der Waals surface area contributed by atoms with E-state index in [9.17, 15) is 20.1 Å². The monoisotopic (exact) mass is 397 g/mol. The van der Waals surface area contributed by atoms with Crippen molar-refractivity contribution in [3.63, 3.8) is 0 Å². The van der Waals surface area contributed by atoms with Crippen molar-refractivity contribution in [2.75, 3.05) is 13.2 Å². The van der Waals surface area contributed by atoms with Crippen LogP contribution in [0.5, 0.6) is 11.5 Å². The molecule has 29 heavy (non-hydrogen) atoms. The normalized spacial score (nSPS) is 26.2. The molecule has 0 spiro atoms. The molecule has 2 heterocycles. The number of phenolic OH excluding ortho intramolecular Hbond substituents is 2. The van der Waals surface area contributed by atoms with Gasteiger partial charge >= 0.3 is 0 Å². The molecule has 1 amide bonds. The largest absolute Gasteiger partial charge is 0.508 e. The lowest BCUT2D eigenvalue weighted by molar-refractivity contribution is -0.130. The van der Waals surface area contributed by atoms with E-state index in [1.54, 1.807) is 29.2 Å². The fraction of sp³-hybridized carbons (Fsp3) is 0.409. The standard InChI is InChI=1S/C22H27N3O4/c1-12-9-13(2)17(16(28)10-12)19-18-20(24-23-19)22(29)25(7-4-8-26)21(18)14-5-3-6-15(27)11-14/h3,5-6,9-11,18-21,23-24,26-28H,4,7-8H2,1-2H3. The van der Waals surface area contributed by atoms with Gasteiger partial charge in [0.1, 0.15) is 17.5 Å². The molecule has 4 atom stereocenters. The number of nitrogens with zero attached hydrogens (tertiary/aromatic N) is 1. The van der Waals surface area contributed by atoms with E-state index in [1.807, 2.05) is 26.0 Å². The van der Waals surface area contributed by atoms with Crippen LogP contribution in [0.3, 0.4) is 0 Å². The number of phenols is 2. The molecule has 2 fully saturated rings. The number of hydrazine groups is 1. The fourth-order valence-electron chi connectivity index (χ4n) is 4.91. The Bertz CT molecular complexity index is 909. The van der Waals surface area contributed by atoms with Crippen molar-refractivity contribution >= 4 is 5.91 Å². The predicted octanol–water partition coefficient (Wildman–Crippen LogP) is 1.81. The molecule has 154 valence electrons. The van der Waals surface area contributed by atoms with Crippen LogP contribution in [0.2, 0.25) is 0 Å².